The number of benzene rings is 2. The summed E-state index contributed by atoms with van der Waals surface area (Å²) in [4.78, 5) is 23.7. The van der Waals surface area contributed by atoms with E-state index in [0.29, 0.717) is 0 Å². The van der Waals surface area contributed by atoms with Gasteiger partial charge in [-0.3, -0.25) is 4.79 Å². The number of para-hydroxylation sites is 2. The second-order valence-electron chi connectivity index (χ2n) is 11.9. The number of esters is 1. The van der Waals surface area contributed by atoms with Gasteiger partial charge in [-0.05, 0) is 93.9 Å². The van der Waals surface area contributed by atoms with Gasteiger partial charge in [-0.15, -0.1) is 0 Å². The summed E-state index contributed by atoms with van der Waals surface area (Å²) in [6, 6.07) is 13.3. The largest absolute Gasteiger partial charge is 0.458 e. The number of nitrogens with one attached hydrogen (secondary N) is 1. The minimum Gasteiger partial charge on any atom is -0.458 e. The van der Waals surface area contributed by atoms with Gasteiger partial charge in [-0.2, -0.15) is 0 Å². The normalized spacial score (nSPS) is 22.4. The lowest BCUT2D eigenvalue weighted by Crippen LogP contribution is -2.49. The summed E-state index contributed by atoms with van der Waals surface area (Å²) < 4.78 is 20.6. The maximum Gasteiger partial charge on any atom is 0.312 e. The number of aromatic amines is 1. The van der Waals surface area contributed by atoms with E-state index in [4.69, 9.17) is 9.72 Å². The van der Waals surface area contributed by atoms with Crippen molar-refractivity contribution in [1.29, 1.82) is 0 Å². The van der Waals surface area contributed by atoms with Crippen LogP contribution < -0.4 is 0 Å². The molecule has 3 aromatic rings. The molecular formula is C31H40FN3O2. The summed E-state index contributed by atoms with van der Waals surface area (Å²) in [5, 5.41) is 0. The van der Waals surface area contributed by atoms with Gasteiger partial charge in [-0.1, -0.05) is 32.0 Å². The van der Waals surface area contributed by atoms with E-state index in [2.05, 4.69) is 36.8 Å². The number of carbonyl (C=O) groups is 1. The third kappa shape index (κ3) is 5.45. The summed E-state index contributed by atoms with van der Waals surface area (Å²) in [5.74, 6) is 1.08. The predicted octanol–water partition coefficient (Wildman–Crippen LogP) is 6.42. The van der Waals surface area contributed by atoms with Crippen LogP contribution in [0.25, 0.3) is 11.0 Å². The molecule has 1 N–H and O–H groups in total. The Morgan fingerprint density at radius 1 is 1.19 bits per heavy atom. The maximum atomic E-state index is 14.0. The molecule has 0 bridgehead atoms. The summed E-state index contributed by atoms with van der Waals surface area (Å²) >= 11 is 0. The van der Waals surface area contributed by atoms with Crippen molar-refractivity contribution in [2.75, 3.05) is 20.1 Å². The molecule has 0 aliphatic heterocycles. The number of hydrogen-bond donors (Lipinski definition) is 1. The molecule has 6 heteroatoms. The van der Waals surface area contributed by atoms with Crippen LogP contribution in [0.15, 0.2) is 42.5 Å². The zero-order valence-corrected chi connectivity index (χ0v) is 22.6. The maximum absolute atomic E-state index is 14.0. The summed E-state index contributed by atoms with van der Waals surface area (Å²) in [7, 11) is 2.15. The first-order chi connectivity index (χ1) is 17.7. The first kappa shape index (κ1) is 25.9. The second-order valence-corrected chi connectivity index (χ2v) is 11.9. The van der Waals surface area contributed by atoms with Crippen molar-refractivity contribution >= 4 is 17.0 Å². The zero-order chi connectivity index (χ0) is 26.2. The van der Waals surface area contributed by atoms with Crippen LogP contribution in [-0.4, -0.2) is 46.6 Å². The summed E-state index contributed by atoms with van der Waals surface area (Å²) in [5.41, 5.74) is 3.38. The Labute approximate surface area is 219 Å². The Morgan fingerprint density at radius 2 is 1.97 bits per heavy atom. The fourth-order valence-corrected chi connectivity index (χ4v) is 6.12. The molecule has 0 unspecified atom stereocenters. The monoisotopic (exact) mass is 505 g/mol. The molecule has 2 aliphatic rings. The Balaban J connectivity index is 1.28. The Kier molecular flexibility index (Phi) is 7.14. The molecule has 2 aromatic carbocycles. The van der Waals surface area contributed by atoms with Crippen LogP contribution in [0.1, 0.15) is 75.7 Å². The second kappa shape index (κ2) is 10.2. The van der Waals surface area contributed by atoms with Crippen molar-refractivity contribution < 1.29 is 13.9 Å². The molecule has 2 atom stereocenters. The first-order valence-corrected chi connectivity index (χ1v) is 13.8. The Bertz CT molecular complexity index is 1230. The van der Waals surface area contributed by atoms with Gasteiger partial charge < -0.3 is 14.6 Å². The Morgan fingerprint density at radius 3 is 2.70 bits per heavy atom. The number of aryl methyl sites for hydroxylation is 2. The van der Waals surface area contributed by atoms with Crippen LogP contribution >= 0.6 is 0 Å². The molecule has 0 radical (unpaired) electrons. The van der Waals surface area contributed by atoms with E-state index in [1.807, 2.05) is 31.2 Å². The van der Waals surface area contributed by atoms with Gasteiger partial charge in [0.15, 0.2) is 0 Å². The number of imidazole rings is 1. The number of hydrogen-bond acceptors (Lipinski definition) is 4. The number of H-pyrrole nitrogens is 1. The molecule has 1 fully saturated rings. The molecule has 1 saturated carbocycles. The van der Waals surface area contributed by atoms with Crippen LogP contribution in [0.5, 0.6) is 0 Å². The topological polar surface area (TPSA) is 58.2 Å². The van der Waals surface area contributed by atoms with Gasteiger partial charge in [0.05, 0.1) is 16.4 Å². The van der Waals surface area contributed by atoms with Crippen molar-refractivity contribution in [2.24, 2.45) is 11.3 Å². The van der Waals surface area contributed by atoms with Crippen molar-refractivity contribution in [1.82, 2.24) is 14.9 Å². The van der Waals surface area contributed by atoms with Gasteiger partial charge in [-0.25, -0.2) is 9.37 Å². The summed E-state index contributed by atoms with van der Waals surface area (Å²) in [6.45, 7) is 8.18. The first-order valence-electron chi connectivity index (χ1n) is 13.8. The van der Waals surface area contributed by atoms with E-state index in [9.17, 15) is 9.18 Å². The van der Waals surface area contributed by atoms with E-state index in [-0.39, 0.29) is 29.0 Å². The smallest absolute Gasteiger partial charge is 0.312 e. The molecule has 1 heterocycles. The number of nitrogens with zero attached hydrogens (tertiary/aromatic N) is 2. The molecule has 5 rings (SSSR count). The lowest BCUT2D eigenvalue weighted by Gasteiger charge is -2.47. The number of carbonyl (C=O) groups excluding carboxylic acids is 1. The predicted molar refractivity (Wildman–Crippen MR) is 145 cm³/mol. The molecule has 1 aromatic heterocycles. The average molecular weight is 506 g/mol. The van der Waals surface area contributed by atoms with E-state index in [1.165, 1.54) is 0 Å². The third-order valence-electron chi connectivity index (χ3n) is 8.59. The number of halogens is 1. The molecule has 37 heavy (non-hydrogen) atoms. The number of ether oxygens (including phenoxy) is 1. The van der Waals surface area contributed by atoms with Crippen molar-refractivity contribution in [2.45, 2.75) is 77.2 Å². The van der Waals surface area contributed by atoms with E-state index in [0.717, 1.165) is 86.0 Å². The molecule has 5 nitrogen and oxygen atoms in total. The fraction of sp³-hybridized carbons (Fsp3) is 0.548. The van der Waals surface area contributed by atoms with Crippen LogP contribution in [-0.2, 0) is 22.4 Å². The minimum atomic E-state index is -0.575. The van der Waals surface area contributed by atoms with Gasteiger partial charge in [0, 0.05) is 25.3 Å². The highest BCUT2D eigenvalue weighted by atomic mass is 19.1. The van der Waals surface area contributed by atoms with Crippen molar-refractivity contribution in [3.8, 4) is 0 Å². The molecule has 0 amide bonds. The average Bonchev–Trinajstić information content (AvgIpc) is 3.48. The molecule has 2 aliphatic carbocycles. The van der Waals surface area contributed by atoms with Gasteiger partial charge in [0.1, 0.15) is 17.2 Å². The highest BCUT2D eigenvalue weighted by Crippen LogP contribution is 2.52. The van der Waals surface area contributed by atoms with Gasteiger partial charge >= 0.3 is 5.97 Å². The highest BCUT2D eigenvalue weighted by Gasteiger charge is 2.53. The quantitative estimate of drug-likeness (QED) is 0.323. The molecular weight excluding hydrogens is 465 g/mol. The van der Waals surface area contributed by atoms with Crippen LogP contribution in [0, 0.1) is 17.2 Å². The highest BCUT2D eigenvalue weighted by molar-refractivity contribution is 5.80. The van der Waals surface area contributed by atoms with Crippen molar-refractivity contribution in [3.05, 3.63) is 65.2 Å². The van der Waals surface area contributed by atoms with Crippen molar-refractivity contribution in [3.63, 3.8) is 0 Å². The lowest BCUT2D eigenvalue weighted by molar-refractivity contribution is -0.174. The number of fused-ring (bicyclic) bond motifs is 2. The third-order valence-corrected chi connectivity index (χ3v) is 8.59. The number of rotatable bonds is 10. The zero-order valence-electron chi connectivity index (χ0n) is 22.6. The van der Waals surface area contributed by atoms with E-state index >= 15 is 0 Å². The number of aromatic nitrogens is 2. The minimum absolute atomic E-state index is 0.0482. The standard InChI is InChI=1S/C31H40FN3O2/c1-21(2)28-24-12-11-23(32)20-22(24)13-14-31(28,37-29(36)30(3)15-16-30)17-19-35(4)18-7-10-27-33-25-8-5-6-9-26(25)34-27/h5-6,8-9,11-12,20-21,28H,7,10,13-19H2,1-4H3,(H,33,34)/t28-,31-/m0/s1. The molecule has 198 valence electrons. The van der Waals surface area contributed by atoms with E-state index in [1.54, 1.807) is 12.1 Å². The van der Waals surface area contributed by atoms with Gasteiger partial charge in [0.2, 0.25) is 0 Å². The van der Waals surface area contributed by atoms with Crippen LogP contribution in [0.3, 0.4) is 0 Å². The van der Waals surface area contributed by atoms with Crippen LogP contribution in [0.2, 0.25) is 0 Å². The summed E-state index contributed by atoms with van der Waals surface area (Å²) in [6.07, 6.45) is 5.93. The van der Waals surface area contributed by atoms with E-state index < -0.39 is 5.60 Å². The van der Waals surface area contributed by atoms with Crippen LogP contribution in [0.4, 0.5) is 4.39 Å². The Hall–Kier alpha value is -2.73. The fourth-order valence-electron chi connectivity index (χ4n) is 6.12. The SMILES string of the molecule is CC(C)[C@H]1c2ccc(F)cc2CC[C@@]1(CCN(C)CCCc1nc2ccccc2[nH]1)OC(=O)C1(C)CC1. The molecule has 0 saturated heterocycles. The lowest BCUT2D eigenvalue weighted by atomic mass is 9.65. The van der Waals surface area contributed by atoms with Gasteiger partial charge in [0.25, 0.3) is 0 Å². The molecule has 0 spiro atoms.